The SMILES string of the molecule is COc1cccc(Cn2nc(C)c(NC(=O)Cn3nc(C)c(Cl)c3C)c2C)c1. The van der Waals surface area contributed by atoms with Gasteiger partial charge in [-0.05, 0) is 45.4 Å². The van der Waals surface area contributed by atoms with Gasteiger partial charge in [-0.3, -0.25) is 14.2 Å². The molecule has 3 aromatic rings. The first-order chi connectivity index (χ1) is 13.3. The monoisotopic (exact) mass is 401 g/mol. The predicted octanol–water partition coefficient (Wildman–Crippen LogP) is 3.66. The van der Waals surface area contributed by atoms with Crippen LogP contribution in [-0.4, -0.2) is 32.6 Å². The van der Waals surface area contributed by atoms with Crippen LogP contribution in [0.2, 0.25) is 5.02 Å². The number of halogens is 1. The van der Waals surface area contributed by atoms with E-state index in [-0.39, 0.29) is 12.5 Å². The molecule has 0 aliphatic carbocycles. The molecule has 1 aromatic carbocycles. The second kappa shape index (κ2) is 8.06. The number of carbonyl (C=O) groups excluding carboxylic acids is 1. The molecule has 1 amide bonds. The molecule has 0 saturated carbocycles. The van der Waals surface area contributed by atoms with Gasteiger partial charge in [-0.1, -0.05) is 23.7 Å². The molecule has 148 valence electrons. The Labute approximate surface area is 169 Å². The van der Waals surface area contributed by atoms with Gasteiger partial charge in [0.2, 0.25) is 5.91 Å². The molecule has 3 rings (SSSR count). The number of methoxy groups -OCH3 is 1. The molecule has 7 nitrogen and oxygen atoms in total. The molecule has 2 aromatic heterocycles. The van der Waals surface area contributed by atoms with Crippen LogP contribution < -0.4 is 10.1 Å². The highest BCUT2D eigenvalue weighted by atomic mass is 35.5. The van der Waals surface area contributed by atoms with Gasteiger partial charge in [0, 0.05) is 0 Å². The topological polar surface area (TPSA) is 74.0 Å². The van der Waals surface area contributed by atoms with E-state index in [2.05, 4.69) is 15.5 Å². The highest BCUT2D eigenvalue weighted by Crippen LogP contribution is 2.22. The molecular weight excluding hydrogens is 378 g/mol. The van der Waals surface area contributed by atoms with Gasteiger partial charge >= 0.3 is 0 Å². The third-order valence-corrected chi connectivity index (χ3v) is 5.25. The van der Waals surface area contributed by atoms with Crippen molar-refractivity contribution in [1.29, 1.82) is 0 Å². The number of rotatable bonds is 6. The van der Waals surface area contributed by atoms with E-state index in [1.54, 1.807) is 11.8 Å². The van der Waals surface area contributed by atoms with Crippen molar-refractivity contribution in [1.82, 2.24) is 19.6 Å². The van der Waals surface area contributed by atoms with E-state index in [1.165, 1.54) is 0 Å². The van der Waals surface area contributed by atoms with Crippen molar-refractivity contribution in [3.05, 3.63) is 57.6 Å². The number of ether oxygens (including phenoxy) is 1. The minimum absolute atomic E-state index is 0.0966. The minimum Gasteiger partial charge on any atom is -0.497 e. The number of carbonyl (C=O) groups is 1. The second-order valence-electron chi connectivity index (χ2n) is 6.75. The lowest BCUT2D eigenvalue weighted by molar-refractivity contribution is -0.116. The number of hydrogen-bond acceptors (Lipinski definition) is 4. The number of amides is 1. The number of aryl methyl sites for hydroxylation is 2. The Morgan fingerprint density at radius 2 is 1.82 bits per heavy atom. The summed E-state index contributed by atoms with van der Waals surface area (Å²) in [6, 6.07) is 7.84. The summed E-state index contributed by atoms with van der Waals surface area (Å²) in [5.41, 5.74) is 4.93. The molecular formula is C20H24ClN5O2. The van der Waals surface area contributed by atoms with Gasteiger partial charge in [-0.25, -0.2) is 0 Å². The Kier molecular flexibility index (Phi) is 5.74. The molecule has 0 spiro atoms. The van der Waals surface area contributed by atoms with Gasteiger partial charge in [-0.15, -0.1) is 0 Å². The maximum Gasteiger partial charge on any atom is 0.246 e. The van der Waals surface area contributed by atoms with Crippen molar-refractivity contribution in [2.24, 2.45) is 0 Å². The normalized spacial score (nSPS) is 10.9. The van der Waals surface area contributed by atoms with Crippen molar-refractivity contribution in [3.63, 3.8) is 0 Å². The lowest BCUT2D eigenvalue weighted by Gasteiger charge is -2.09. The third kappa shape index (κ3) is 4.04. The molecule has 0 atom stereocenters. The average molecular weight is 402 g/mol. The summed E-state index contributed by atoms with van der Waals surface area (Å²) in [4.78, 5) is 12.5. The Bertz CT molecular complexity index is 1020. The summed E-state index contributed by atoms with van der Waals surface area (Å²) < 4.78 is 8.76. The summed E-state index contributed by atoms with van der Waals surface area (Å²) in [7, 11) is 1.64. The predicted molar refractivity (Wildman–Crippen MR) is 109 cm³/mol. The molecule has 0 unspecified atom stereocenters. The largest absolute Gasteiger partial charge is 0.497 e. The van der Waals surface area contributed by atoms with Gasteiger partial charge in [0.15, 0.2) is 0 Å². The van der Waals surface area contributed by atoms with Crippen molar-refractivity contribution in [2.75, 3.05) is 12.4 Å². The van der Waals surface area contributed by atoms with Gasteiger partial charge in [-0.2, -0.15) is 10.2 Å². The first-order valence-corrected chi connectivity index (χ1v) is 9.34. The van der Waals surface area contributed by atoms with Crippen LogP contribution in [0.5, 0.6) is 5.75 Å². The van der Waals surface area contributed by atoms with Crippen molar-refractivity contribution >= 4 is 23.2 Å². The Morgan fingerprint density at radius 3 is 2.46 bits per heavy atom. The number of aromatic nitrogens is 4. The minimum atomic E-state index is -0.172. The maximum absolute atomic E-state index is 12.5. The fraction of sp³-hybridized carbons (Fsp3) is 0.350. The van der Waals surface area contributed by atoms with Crippen LogP contribution in [0.4, 0.5) is 5.69 Å². The zero-order valence-electron chi connectivity index (χ0n) is 16.7. The Hall–Kier alpha value is -2.80. The van der Waals surface area contributed by atoms with Gasteiger partial charge < -0.3 is 10.1 Å². The van der Waals surface area contributed by atoms with Crippen LogP contribution in [0.25, 0.3) is 0 Å². The summed E-state index contributed by atoms with van der Waals surface area (Å²) in [5, 5.41) is 12.4. The number of benzene rings is 1. The van der Waals surface area contributed by atoms with Crippen LogP contribution in [0.15, 0.2) is 24.3 Å². The van der Waals surface area contributed by atoms with Crippen LogP contribution in [0, 0.1) is 27.7 Å². The van der Waals surface area contributed by atoms with E-state index in [4.69, 9.17) is 16.3 Å². The van der Waals surface area contributed by atoms with E-state index in [1.807, 2.05) is 56.6 Å². The van der Waals surface area contributed by atoms with Crippen molar-refractivity contribution < 1.29 is 9.53 Å². The zero-order chi connectivity index (χ0) is 20.4. The van der Waals surface area contributed by atoms with E-state index in [9.17, 15) is 4.79 Å². The van der Waals surface area contributed by atoms with E-state index < -0.39 is 0 Å². The molecule has 0 fully saturated rings. The fourth-order valence-electron chi connectivity index (χ4n) is 3.12. The third-order valence-electron chi connectivity index (χ3n) is 4.70. The summed E-state index contributed by atoms with van der Waals surface area (Å²) >= 11 is 6.16. The molecule has 0 aliphatic rings. The zero-order valence-corrected chi connectivity index (χ0v) is 17.5. The second-order valence-corrected chi connectivity index (χ2v) is 7.12. The van der Waals surface area contributed by atoms with Crippen LogP contribution in [-0.2, 0) is 17.9 Å². The lowest BCUT2D eigenvalue weighted by Crippen LogP contribution is -2.21. The highest BCUT2D eigenvalue weighted by Gasteiger charge is 2.17. The van der Waals surface area contributed by atoms with Gasteiger partial charge in [0.25, 0.3) is 0 Å². The number of nitrogens with zero attached hydrogens (tertiary/aromatic N) is 4. The number of anilines is 1. The van der Waals surface area contributed by atoms with Crippen molar-refractivity contribution in [2.45, 2.75) is 40.8 Å². The van der Waals surface area contributed by atoms with E-state index in [0.717, 1.165) is 34.1 Å². The van der Waals surface area contributed by atoms with Gasteiger partial charge in [0.1, 0.15) is 12.3 Å². The van der Waals surface area contributed by atoms with Crippen LogP contribution in [0.1, 0.15) is 28.3 Å². The average Bonchev–Trinajstić information content (AvgIpc) is 3.06. The van der Waals surface area contributed by atoms with Crippen LogP contribution in [0.3, 0.4) is 0 Å². The molecule has 2 heterocycles. The van der Waals surface area contributed by atoms with E-state index >= 15 is 0 Å². The Balaban J connectivity index is 1.75. The molecule has 0 radical (unpaired) electrons. The summed E-state index contributed by atoms with van der Waals surface area (Å²) in [6.07, 6.45) is 0. The number of hydrogen-bond donors (Lipinski definition) is 1. The molecule has 0 aliphatic heterocycles. The molecule has 28 heavy (non-hydrogen) atoms. The Morgan fingerprint density at radius 1 is 1.11 bits per heavy atom. The van der Waals surface area contributed by atoms with E-state index in [0.29, 0.717) is 17.3 Å². The fourth-order valence-corrected chi connectivity index (χ4v) is 3.25. The standard InChI is InChI=1S/C20H24ClN5O2/c1-12-19(21)14(3)26(23-12)11-18(27)22-20-13(2)24-25(15(20)4)10-16-7-6-8-17(9-16)28-5/h6-9H,10-11H2,1-5H3,(H,22,27). The first-order valence-electron chi connectivity index (χ1n) is 8.96. The molecule has 8 heteroatoms. The lowest BCUT2D eigenvalue weighted by atomic mass is 10.2. The molecule has 1 N–H and O–H groups in total. The van der Waals surface area contributed by atoms with Gasteiger partial charge in [0.05, 0.1) is 47.1 Å². The molecule has 0 saturated heterocycles. The summed E-state index contributed by atoms with van der Waals surface area (Å²) in [5.74, 6) is 0.630. The smallest absolute Gasteiger partial charge is 0.246 e. The molecule has 0 bridgehead atoms. The summed E-state index contributed by atoms with van der Waals surface area (Å²) in [6.45, 7) is 8.17. The maximum atomic E-state index is 12.5. The quantitative estimate of drug-likeness (QED) is 0.684. The number of nitrogens with one attached hydrogen (secondary N) is 1. The van der Waals surface area contributed by atoms with Crippen molar-refractivity contribution in [3.8, 4) is 5.75 Å². The highest BCUT2D eigenvalue weighted by molar-refractivity contribution is 6.31. The van der Waals surface area contributed by atoms with Crippen LogP contribution >= 0.6 is 11.6 Å². The first kappa shape index (κ1) is 19.9.